The molecule has 0 aliphatic rings. The molecule has 1 aromatic heterocycles. The van der Waals surface area contributed by atoms with Crippen molar-refractivity contribution in [1.82, 2.24) is 4.90 Å². The minimum absolute atomic E-state index is 0.277. The smallest absolute Gasteiger partial charge is 0.329 e. The van der Waals surface area contributed by atoms with Gasteiger partial charge in [0.25, 0.3) is 0 Å². The van der Waals surface area contributed by atoms with Gasteiger partial charge in [0.1, 0.15) is 6.04 Å². The van der Waals surface area contributed by atoms with Crippen LogP contribution >= 0.6 is 11.3 Å². The predicted molar refractivity (Wildman–Crippen MR) is 54.7 cm³/mol. The molecule has 0 bridgehead atoms. The lowest BCUT2D eigenvalue weighted by Crippen LogP contribution is -2.47. The van der Waals surface area contributed by atoms with Gasteiger partial charge in [0.05, 0.1) is 0 Å². The topological polar surface area (TPSA) is 29.3 Å². The zero-order chi connectivity index (χ0) is 11.5. The maximum atomic E-state index is 12.5. The highest BCUT2D eigenvalue weighted by Gasteiger charge is 2.41. The second-order valence-corrected chi connectivity index (χ2v) is 4.32. The summed E-state index contributed by atoms with van der Waals surface area (Å²) in [5.74, 6) is 0. The number of thiophene rings is 1. The van der Waals surface area contributed by atoms with Crippen molar-refractivity contribution in [3.05, 3.63) is 22.4 Å². The first-order chi connectivity index (χ1) is 6.95. The van der Waals surface area contributed by atoms with Gasteiger partial charge in [-0.3, -0.25) is 4.90 Å². The first-order valence-corrected chi connectivity index (χ1v) is 5.32. The molecule has 6 heteroatoms. The highest BCUT2D eigenvalue weighted by atomic mass is 32.1. The van der Waals surface area contributed by atoms with E-state index in [1.807, 2.05) is 17.5 Å². The Labute approximate surface area is 90.5 Å². The lowest BCUT2D eigenvalue weighted by Gasteiger charge is -2.28. The van der Waals surface area contributed by atoms with Crippen molar-refractivity contribution in [2.45, 2.75) is 18.8 Å². The molecule has 1 atom stereocenters. The molecule has 1 unspecified atom stereocenters. The number of likely N-dealkylation sites (N-methyl/N-ethyl adjacent to an activating group) is 1. The van der Waals surface area contributed by atoms with E-state index in [4.69, 9.17) is 5.73 Å². The molecular weight excluding hydrogens is 225 g/mol. The SMILES string of the molecule is CN(Cc1cccs1)C(CN)C(F)(F)F. The van der Waals surface area contributed by atoms with Crippen LogP contribution in [0.4, 0.5) is 13.2 Å². The van der Waals surface area contributed by atoms with Crippen molar-refractivity contribution in [3.8, 4) is 0 Å². The van der Waals surface area contributed by atoms with E-state index < -0.39 is 18.8 Å². The van der Waals surface area contributed by atoms with Gasteiger partial charge >= 0.3 is 6.18 Å². The van der Waals surface area contributed by atoms with Crippen LogP contribution in [0.25, 0.3) is 0 Å². The Morgan fingerprint density at radius 2 is 2.20 bits per heavy atom. The Hall–Kier alpha value is -0.590. The van der Waals surface area contributed by atoms with Crippen molar-refractivity contribution in [2.75, 3.05) is 13.6 Å². The number of halogens is 3. The molecule has 15 heavy (non-hydrogen) atoms. The molecule has 0 aliphatic heterocycles. The zero-order valence-corrected chi connectivity index (χ0v) is 9.11. The van der Waals surface area contributed by atoms with E-state index in [2.05, 4.69) is 0 Å². The summed E-state index contributed by atoms with van der Waals surface area (Å²) in [6.07, 6.45) is -4.26. The third-order valence-electron chi connectivity index (χ3n) is 2.12. The quantitative estimate of drug-likeness (QED) is 0.870. The fraction of sp³-hybridized carbons (Fsp3) is 0.556. The lowest BCUT2D eigenvalue weighted by molar-refractivity contribution is -0.178. The van der Waals surface area contributed by atoms with Crippen LogP contribution < -0.4 is 5.73 Å². The van der Waals surface area contributed by atoms with Crippen LogP contribution in [0.1, 0.15) is 4.88 Å². The molecule has 0 amide bonds. The number of alkyl halides is 3. The Bertz CT molecular complexity index is 284. The molecule has 0 spiro atoms. The Morgan fingerprint density at radius 3 is 2.60 bits per heavy atom. The minimum Gasteiger partial charge on any atom is -0.329 e. The van der Waals surface area contributed by atoms with E-state index in [9.17, 15) is 13.2 Å². The number of hydrogen-bond acceptors (Lipinski definition) is 3. The highest BCUT2D eigenvalue weighted by Crippen LogP contribution is 2.25. The van der Waals surface area contributed by atoms with E-state index in [0.717, 1.165) is 4.88 Å². The third-order valence-corrected chi connectivity index (χ3v) is 2.98. The molecular formula is C9H13F3N2S. The Balaban J connectivity index is 2.62. The van der Waals surface area contributed by atoms with E-state index in [1.165, 1.54) is 23.3 Å². The molecule has 1 rings (SSSR count). The number of hydrogen-bond donors (Lipinski definition) is 1. The van der Waals surface area contributed by atoms with Crippen LogP contribution in [-0.2, 0) is 6.54 Å². The van der Waals surface area contributed by atoms with Crippen LogP contribution in [0.2, 0.25) is 0 Å². The highest BCUT2D eigenvalue weighted by molar-refractivity contribution is 7.09. The number of nitrogens with two attached hydrogens (primary N) is 1. The second kappa shape index (κ2) is 4.96. The zero-order valence-electron chi connectivity index (χ0n) is 8.29. The van der Waals surface area contributed by atoms with Crippen molar-refractivity contribution in [2.24, 2.45) is 5.73 Å². The molecule has 1 heterocycles. The number of rotatable bonds is 4. The van der Waals surface area contributed by atoms with Gasteiger partial charge in [-0.15, -0.1) is 11.3 Å². The average molecular weight is 238 g/mol. The molecule has 86 valence electrons. The summed E-state index contributed by atoms with van der Waals surface area (Å²) in [5, 5.41) is 1.84. The molecule has 0 radical (unpaired) electrons. The van der Waals surface area contributed by atoms with Crippen LogP contribution in [0, 0.1) is 0 Å². The fourth-order valence-corrected chi connectivity index (χ4v) is 2.09. The van der Waals surface area contributed by atoms with E-state index >= 15 is 0 Å². The largest absolute Gasteiger partial charge is 0.405 e. The van der Waals surface area contributed by atoms with Crippen LogP contribution in [0.3, 0.4) is 0 Å². The maximum absolute atomic E-state index is 12.5. The van der Waals surface area contributed by atoms with Crippen LogP contribution in [0.5, 0.6) is 0 Å². The van der Waals surface area contributed by atoms with Gasteiger partial charge in [-0.05, 0) is 18.5 Å². The van der Waals surface area contributed by atoms with Crippen molar-refractivity contribution in [3.63, 3.8) is 0 Å². The molecule has 0 fully saturated rings. The third kappa shape index (κ3) is 3.48. The summed E-state index contributed by atoms with van der Waals surface area (Å²) in [4.78, 5) is 2.13. The summed E-state index contributed by atoms with van der Waals surface area (Å²) < 4.78 is 37.4. The van der Waals surface area contributed by atoms with E-state index in [0.29, 0.717) is 0 Å². The first-order valence-electron chi connectivity index (χ1n) is 4.44. The summed E-state index contributed by atoms with van der Waals surface area (Å²) >= 11 is 1.44. The lowest BCUT2D eigenvalue weighted by atomic mass is 10.2. The van der Waals surface area contributed by atoms with Gasteiger partial charge in [-0.1, -0.05) is 6.07 Å². The molecule has 1 aromatic rings. The van der Waals surface area contributed by atoms with Crippen molar-refractivity contribution < 1.29 is 13.2 Å². The molecule has 0 saturated heterocycles. The molecule has 2 N–H and O–H groups in total. The number of nitrogens with zero attached hydrogens (tertiary/aromatic N) is 1. The van der Waals surface area contributed by atoms with Gasteiger partial charge in [0.15, 0.2) is 0 Å². The summed E-state index contributed by atoms with van der Waals surface area (Å²) in [7, 11) is 1.44. The standard InChI is InChI=1S/C9H13F3N2S/c1-14(6-7-3-2-4-15-7)8(5-13)9(10,11)12/h2-4,8H,5-6,13H2,1H3. The summed E-state index contributed by atoms with van der Waals surface area (Å²) in [6, 6.07) is 2.06. The Kier molecular flexibility index (Phi) is 4.12. The van der Waals surface area contributed by atoms with Gasteiger partial charge in [0, 0.05) is 18.0 Å². The second-order valence-electron chi connectivity index (χ2n) is 3.29. The monoisotopic (exact) mass is 238 g/mol. The van der Waals surface area contributed by atoms with Crippen LogP contribution in [-0.4, -0.2) is 30.7 Å². The summed E-state index contributed by atoms with van der Waals surface area (Å²) in [6.45, 7) is -0.135. The first kappa shape index (κ1) is 12.5. The minimum atomic E-state index is -4.26. The van der Waals surface area contributed by atoms with Gasteiger partial charge in [0.2, 0.25) is 0 Å². The van der Waals surface area contributed by atoms with Crippen molar-refractivity contribution >= 4 is 11.3 Å². The van der Waals surface area contributed by atoms with Crippen molar-refractivity contribution in [1.29, 1.82) is 0 Å². The summed E-state index contributed by atoms with van der Waals surface area (Å²) in [5.41, 5.74) is 5.13. The van der Waals surface area contributed by atoms with E-state index in [-0.39, 0.29) is 6.54 Å². The Morgan fingerprint density at radius 1 is 1.53 bits per heavy atom. The molecule has 0 aliphatic carbocycles. The predicted octanol–water partition coefficient (Wildman–Crippen LogP) is 2.07. The maximum Gasteiger partial charge on any atom is 0.405 e. The van der Waals surface area contributed by atoms with Gasteiger partial charge in [-0.25, -0.2) is 0 Å². The molecule has 0 aromatic carbocycles. The van der Waals surface area contributed by atoms with Gasteiger partial charge < -0.3 is 5.73 Å². The van der Waals surface area contributed by atoms with E-state index in [1.54, 1.807) is 0 Å². The fourth-order valence-electron chi connectivity index (χ4n) is 1.32. The van der Waals surface area contributed by atoms with Crippen LogP contribution in [0.15, 0.2) is 17.5 Å². The average Bonchev–Trinajstić information content (AvgIpc) is 2.54. The molecule has 2 nitrogen and oxygen atoms in total. The normalized spacial score (nSPS) is 14.5. The molecule has 0 saturated carbocycles. The van der Waals surface area contributed by atoms with Gasteiger partial charge in [-0.2, -0.15) is 13.2 Å².